The van der Waals surface area contributed by atoms with Gasteiger partial charge in [0, 0.05) is 0 Å². The summed E-state index contributed by atoms with van der Waals surface area (Å²) in [4.78, 5) is 0. The van der Waals surface area contributed by atoms with Crippen LogP contribution in [0.15, 0.2) is 0 Å². The van der Waals surface area contributed by atoms with E-state index in [1.54, 1.807) is 0 Å². The minimum Gasteiger partial charge on any atom is -0.0683 e. The van der Waals surface area contributed by atoms with Crippen molar-refractivity contribution in [3.8, 4) is 0 Å². The molecule has 0 rings (SSSR count). The molecule has 0 heteroatoms. The molecule has 0 heterocycles. The Hall–Kier alpha value is 0. The topological polar surface area (TPSA) is 0 Å². The van der Waals surface area contributed by atoms with Crippen molar-refractivity contribution in [3.05, 3.63) is 0 Å². The van der Waals surface area contributed by atoms with Crippen molar-refractivity contribution >= 4 is 0 Å². The fourth-order valence-electron chi connectivity index (χ4n) is 1.46. The van der Waals surface area contributed by atoms with Crippen LogP contribution in [-0.2, 0) is 0 Å². The summed E-state index contributed by atoms with van der Waals surface area (Å²) in [6, 6.07) is 0. The van der Waals surface area contributed by atoms with Gasteiger partial charge in [-0.3, -0.25) is 0 Å². The van der Waals surface area contributed by atoms with Crippen molar-refractivity contribution in [2.45, 2.75) is 67.2 Å². The van der Waals surface area contributed by atoms with Gasteiger partial charge in [-0.15, -0.1) is 0 Å². The van der Waals surface area contributed by atoms with E-state index in [1.807, 2.05) is 13.8 Å². The summed E-state index contributed by atoms with van der Waals surface area (Å²) >= 11 is 0. The quantitative estimate of drug-likeness (QED) is 0.554. The largest absolute Gasteiger partial charge is 0.0683 e. The van der Waals surface area contributed by atoms with Gasteiger partial charge in [0.15, 0.2) is 0 Å². The smallest absolute Gasteiger partial charge is 0.0440 e. The van der Waals surface area contributed by atoms with E-state index >= 15 is 0 Å². The molecule has 0 bridgehead atoms. The van der Waals surface area contributed by atoms with Crippen LogP contribution >= 0.6 is 0 Å². The molecule has 0 fully saturated rings. The standard InChI is InChI=1S/C10H22.C2H6/c1-5-7-10(4)8-9(3)6-2;1-2/h9-10H,5-8H2,1-4H3;1-2H3. The first-order valence-electron chi connectivity index (χ1n) is 5.70. The molecule has 0 aromatic heterocycles. The van der Waals surface area contributed by atoms with E-state index in [9.17, 15) is 0 Å². The fourth-order valence-corrected chi connectivity index (χ4v) is 1.46. The molecule has 0 aliphatic heterocycles. The van der Waals surface area contributed by atoms with Gasteiger partial charge in [-0.2, -0.15) is 0 Å². The Labute approximate surface area is 79.8 Å². The molecule has 2 atom stereocenters. The van der Waals surface area contributed by atoms with Gasteiger partial charge in [0.05, 0.1) is 0 Å². The lowest BCUT2D eigenvalue weighted by Crippen LogP contribution is -2.01. The number of hydrogen-bond acceptors (Lipinski definition) is 0. The predicted molar refractivity (Wildman–Crippen MR) is 59.5 cm³/mol. The maximum atomic E-state index is 2.37. The van der Waals surface area contributed by atoms with Crippen LogP contribution < -0.4 is 0 Å². The van der Waals surface area contributed by atoms with Crippen molar-refractivity contribution in [3.63, 3.8) is 0 Å². The van der Waals surface area contributed by atoms with Gasteiger partial charge in [-0.1, -0.05) is 60.8 Å². The van der Waals surface area contributed by atoms with Crippen molar-refractivity contribution in [1.29, 1.82) is 0 Å². The van der Waals surface area contributed by atoms with Gasteiger partial charge in [0.2, 0.25) is 0 Å². The summed E-state index contributed by atoms with van der Waals surface area (Å²) in [5, 5.41) is 0. The van der Waals surface area contributed by atoms with Gasteiger partial charge in [-0.25, -0.2) is 0 Å². The second kappa shape index (κ2) is 11.0. The Morgan fingerprint density at radius 1 is 0.917 bits per heavy atom. The lowest BCUT2D eigenvalue weighted by Gasteiger charge is -2.14. The highest BCUT2D eigenvalue weighted by Crippen LogP contribution is 2.18. The average Bonchev–Trinajstić information content (AvgIpc) is 2.08. The van der Waals surface area contributed by atoms with Crippen molar-refractivity contribution < 1.29 is 0 Å². The van der Waals surface area contributed by atoms with Crippen molar-refractivity contribution in [2.75, 3.05) is 0 Å². The lowest BCUT2D eigenvalue weighted by molar-refractivity contribution is 0.384. The average molecular weight is 172 g/mol. The minimum atomic E-state index is 0.932. The predicted octanol–water partition coefficient (Wildman–Crippen LogP) is 4.89. The molecule has 0 amide bonds. The van der Waals surface area contributed by atoms with Crippen LogP contribution in [0, 0.1) is 11.8 Å². The van der Waals surface area contributed by atoms with E-state index < -0.39 is 0 Å². The first-order valence-corrected chi connectivity index (χ1v) is 5.70. The molecule has 0 N–H and O–H groups in total. The van der Waals surface area contributed by atoms with Crippen LogP contribution in [0.3, 0.4) is 0 Å². The zero-order valence-corrected chi connectivity index (χ0v) is 9.98. The third kappa shape index (κ3) is 10.0. The van der Waals surface area contributed by atoms with E-state index in [0.717, 1.165) is 11.8 Å². The van der Waals surface area contributed by atoms with E-state index in [1.165, 1.54) is 25.7 Å². The van der Waals surface area contributed by atoms with Crippen LogP contribution in [-0.4, -0.2) is 0 Å². The highest BCUT2D eigenvalue weighted by atomic mass is 14.1. The molecule has 0 radical (unpaired) electrons. The molecule has 0 nitrogen and oxygen atoms in total. The second-order valence-electron chi connectivity index (χ2n) is 3.64. The molecule has 0 aliphatic rings. The zero-order chi connectivity index (χ0) is 9.98. The maximum Gasteiger partial charge on any atom is -0.0440 e. The first-order chi connectivity index (χ1) is 5.70. The minimum absolute atomic E-state index is 0.932. The summed E-state index contributed by atoms with van der Waals surface area (Å²) in [7, 11) is 0. The molecule has 12 heavy (non-hydrogen) atoms. The highest BCUT2D eigenvalue weighted by molar-refractivity contribution is 4.57. The van der Waals surface area contributed by atoms with Gasteiger partial charge in [0.25, 0.3) is 0 Å². The molecule has 76 valence electrons. The summed E-state index contributed by atoms with van der Waals surface area (Å²) in [5.74, 6) is 1.88. The summed E-state index contributed by atoms with van der Waals surface area (Å²) in [5.41, 5.74) is 0. The Morgan fingerprint density at radius 2 is 1.42 bits per heavy atom. The maximum absolute atomic E-state index is 2.37. The van der Waals surface area contributed by atoms with Crippen LogP contribution in [0.4, 0.5) is 0 Å². The SMILES string of the molecule is CC.CCCC(C)CC(C)CC. The van der Waals surface area contributed by atoms with E-state index in [0.29, 0.717) is 0 Å². The Kier molecular flexibility index (Phi) is 13.3. The number of rotatable bonds is 5. The van der Waals surface area contributed by atoms with Gasteiger partial charge in [-0.05, 0) is 18.3 Å². The summed E-state index contributed by atoms with van der Waals surface area (Å²) in [6.45, 7) is 13.3. The van der Waals surface area contributed by atoms with Crippen molar-refractivity contribution in [2.24, 2.45) is 11.8 Å². The zero-order valence-electron chi connectivity index (χ0n) is 9.98. The Bertz CT molecular complexity index is 66.4. The summed E-state index contributed by atoms with van der Waals surface area (Å²) in [6.07, 6.45) is 5.51. The molecule has 2 unspecified atom stereocenters. The van der Waals surface area contributed by atoms with Gasteiger partial charge < -0.3 is 0 Å². The number of hydrogen-bond donors (Lipinski definition) is 0. The van der Waals surface area contributed by atoms with Crippen LogP contribution in [0.2, 0.25) is 0 Å². The molecule has 0 spiro atoms. The summed E-state index contributed by atoms with van der Waals surface area (Å²) < 4.78 is 0. The van der Waals surface area contributed by atoms with Crippen LogP contribution in [0.25, 0.3) is 0 Å². The molecule has 0 aliphatic carbocycles. The lowest BCUT2D eigenvalue weighted by atomic mass is 9.92. The molecule has 0 aromatic carbocycles. The normalized spacial score (nSPS) is 14.5. The Morgan fingerprint density at radius 3 is 1.75 bits per heavy atom. The molecular weight excluding hydrogens is 144 g/mol. The molecular formula is C12H28. The fraction of sp³-hybridized carbons (Fsp3) is 1.00. The monoisotopic (exact) mass is 172 g/mol. The molecule has 0 aromatic rings. The second-order valence-corrected chi connectivity index (χ2v) is 3.64. The first kappa shape index (κ1) is 14.5. The van der Waals surface area contributed by atoms with E-state index in [-0.39, 0.29) is 0 Å². The third-order valence-electron chi connectivity index (χ3n) is 2.28. The van der Waals surface area contributed by atoms with Gasteiger partial charge >= 0.3 is 0 Å². The van der Waals surface area contributed by atoms with E-state index in [4.69, 9.17) is 0 Å². The highest BCUT2D eigenvalue weighted by Gasteiger charge is 2.04. The molecule has 0 saturated carbocycles. The van der Waals surface area contributed by atoms with E-state index in [2.05, 4.69) is 27.7 Å². The van der Waals surface area contributed by atoms with Gasteiger partial charge in [0.1, 0.15) is 0 Å². The Balaban J connectivity index is 0. The van der Waals surface area contributed by atoms with Crippen molar-refractivity contribution in [1.82, 2.24) is 0 Å². The molecule has 0 saturated heterocycles. The van der Waals surface area contributed by atoms with Crippen LogP contribution in [0.5, 0.6) is 0 Å². The van der Waals surface area contributed by atoms with Crippen LogP contribution in [0.1, 0.15) is 67.2 Å². The third-order valence-corrected chi connectivity index (χ3v) is 2.28.